The van der Waals surface area contributed by atoms with Crippen LogP contribution in [-0.4, -0.2) is 15.8 Å². The molecule has 0 aliphatic rings. The number of halogens is 1. The minimum Gasteiger partial charge on any atom is -0.489 e. The van der Waals surface area contributed by atoms with Gasteiger partial charge in [0, 0.05) is 18.7 Å². The van der Waals surface area contributed by atoms with E-state index >= 15 is 0 Å². The molecule has 1 aromatic heterocycles. The molecule has 2 rings (SSSR count). The first kappa shape index (κ1) is 14.9. The Hall–Kier alpha value is -1.52. The molecule has 1 unspecified atom stereocenters. The Morgan fingerprint density at radius 3 is 2.80 bits per heavy atom. The zero-order chi connectivity index (χ0) is 14.7. The summed E-state index contributed by atoms with van der Waals surface area (Å²) in [7, 11) is 1.82. The monoisotopic (exact) mass is 293 g/mol. The SMILES string of the molecule is Cc1nn(C)c(Cl)c1COc1cccc(CC(C)N)c1. The van der Waals surface area contributed by atoms with E-state index in [4.69, 9.17) is 22.1 Å². The van der Waals surface area contributed by atoms with Crippen LogP contribution < -0.4 is 10.5 Å². The van der Waals surface area contributed by atoms with Crippen molar-refractivity contribution in [3.63, 3.8) is 0 Å². The number of rotatable bonds is 5. The fraction of sp³-hybridized carbons (Fsp3) is 0.400. The number of nitrogens with zero attached hydrogens (tertiary/aromatic N) is 2. The summed E-state index contributed by atoms with van der Waals surface area (Å²) >= 11 is 6.18. The molecule has 1 atom stereocenters. The highest BCUT2D eigenvalue weighted by molar-refractivity contribution is 6.30. The quantitative estimate of drug-likeness (QED) is 0.922. The fourth-order valence-electron chi connectivity index (χ4n) is 2.13. The molecule has 20 heavy (non-hydrogen) atoms. The predicted octanol–water partition coefficient (Wildman–Crippen LogP) is 2.85. The zero-order valence-corrected chi connectivity index (χ0v) is 12.8. The Morgan fingerprint density at radius 2 is 2.20 bits per heavy atom. The standard InChI is InChI=1S/C15H20ClN3O/c1-10(17)7-12-5-4-6-13(8-12)20-9-14-11(2)18-19(3)15(14)16/h4-6,8,10H,7,9,17H2,1-3H3. The lowest BCUT2D eigenvalue weighted by molar-refractivity contribution is 0.305. The Bertz CT molecular complexity index is 593. The van der Waals surface area contributed by atoms with Gasteiger partial charge < -0.3 is 10.5 Å². The van der Waals surface area contributed by atoms with Crippen LogP contribution in [0.5, 0.6) is 5.75 Å². The average Bonchev–Trinajstić information content (AvgIpc) is 2.61. The molecule has 0 aliphatic carbocycles. The molecule has 0 spiro atoms. The summed E-state index contributed by atoms with van der Waals surface area (Å²) in [4.78, 5) is 0. The topological polar surface area (TPSA) is 53.1 Å². The number of ether oxygens (including phenoxy) is 1. The zero-order valence-electron chi connectivity index (χ0n) is 12.1. The van der Waals surface area contributed by atoms with Crippen molar-refractivity contribution >= 4 is 11.6 Å². The number of hydrogen-bond acceptors (Lipinski definition) is 3. The van der Waals surface area contributed by atoms with Crippen LogP contribution in [0.3, 0.4) is 0 Å². The van der Waals surface area contributed by atoms with Crippen LogP contribution in [0.2, 0.25) is 5.15 Å². The van der Waals surface area contributed by atoms with Gasteiger partial charge in [-0.1, -0.05) is 23.7 Å². The van der Waals surface area contributed by atoms with E-state index in [0.29, 0.717) is 11.8 Å². The number of nitrogens with two attached hydrogens (primary N) is 1. The van der Waals surface area contributed by atoms with Crippen molar-refractivity contribution in [3.05, 3.63) is 46.2 Å². The van der Waals surface area contributed by atoms with Crippen molar-refractivity contribution in [1.29, 1.82) is 0 Å². The van der Waals surface area contributed by atoms with Gasteiger partial charge >= 0.3 is 0 Å². The van der Waals surface area contributed by atoms with Crippen LogP contribution in [0.25, 0.3) is 0 Å². The molecule has 2 N–H and O–H groups in total. The van der Waals surface area contributed by atoms with Gasteiger partial charge in [-0.2, -0.15) is 5.10 Å². The molecular formula is C15H20ClN3O. The molecule has 2 aromatic rings. The smallest absolute Gasteiger partial charge is 0.133 e. The molecule has 5 heteroatoms. The molecule has 0 saturated carbocycles. The van der Waals surface area contributed by atoms with Crippen LogP contribution >= 0.6 is 11.6 Å². The van der Waals surface area contributed by atoms with Crippen molar-refractivity contribution in [2.75, 3.05) is 0 Å². The summed E-state index contributed by atoms with van der Waals surface area (Å²) in [6.45, 7) is 4.34. The van der Waals surface area contributed by atoms with Gasteiger partial charge in [-0.05, 0) is 38.0 Å². The van der Waals surface area contributed by atoms with E-state index < -0.39 is 0 Å². The molecule has 0 aliphatic heterocycles. The van der Waals surface area contributed by atoms with Gasteiger partial charge in [-0.25, -0.2) is 0 Å². The van der Waals surface area contributed by atoms with E-state index in [-0.39, 0.29) is 6.04 Å². The van der Waals surface area contributed by atoms with E-state index in [9.17, 15) is 0 Å². The predicted molar refractivity (Wildman–Crippen MR) is 81.1 cm³/mol. The van der Waals surface area contributed by atoms with E-state index in [1.807, 2.05) is 39.1 Å². The summed E-state index contributed by atoms with van der Waals surface area (Å²) in [5, 5.41) is 4.89. The molecule has 0 radical (unpaired) electrons. The second-order valence-corrected chi connectivity index (χ2v) is 5.45. The second kappa shape index (κ2) is 6.29. The summed E-state index contributed by atoms with van der Waals surface area (Å²) in [5.41, 5.74) is 8.80. The summed E-state index contributed by atoms with van der Waals surface area (Å²) in [6, 6.07) is 8.12. The summed E-state index contributed by atoms with van der Waals surface area (Å²) < 4.78 is 7.47. The molecule has 1 heterocycles. The molecular weight excluding hydrogens is 274 g/mol. The van der Waals surface area contributed by atoms with Crippen molar-refractivity contribution in [1.82, 2.24) is 9.78 Å². The highest BCUT2D eigenvalue weighted by Gasteiger charge is 2.11. The largest absolute Gasteiger partial charge is 0.489 e. The lowest BCUT2D eigenvalue weighted by atomic mass is 10.1. The maximum absolute atomic E-state index is 6.18. The van der Waals surface area contributed by atoms with Crippen molar-refractivity contribution in [3.8, 4) is 5.75 Å². The van der Waals surface area contributed by atoms with Crippen LogP contribution in [0, 0.1) is 6.92 Å². The van der Waals surface area contributed by atoms with Gasteiger partial charge in [0.25, 0.3) is 0 Å². The Balaban J connectivity index is 2.07. The van der Waals surface area contributed by atoms with Gasteiger partial charge in [-0.15, -0.1) is 0 Å². The lowest BCUT2D eigenvalue weighted by Crippen LogP contribution is -2.17. The minimum atomic E-state index is 0.139. The Kier molecular flexibility index (Phi) is 4.68. The molecule has 4 nitrogen and oxygen atoms in total. The molecule has 108 valence electrons. The first-order valence-electron chi connectivity index (χ1n) is 6.62. The highest BCUT2D eigenvalue weighted by Crippen LogP contribution is 2.22. The minimum absolute atomic E-state index is 0.139. The van der Waals surface area contributed by atoms with Gasteiger partial charge in [0.1, 0.15) is 17.5 Å². The summed E-state index contributed by atoms with van der Waals surface area (Å²) in [5.74, 6) is 0.822. The summed E-state index contributed by atoms with van der Waals surface area (Å²) in [6.07, 6.45) is 0.837. The van der Waals surface area contributed by atoms with Gasteiger partial charge in [0.15, 0.2) is 0 Å². The lowest BCUT2D eigenvalue weighted by Gasteiger charge is -2.09. The molecule has 1 aromatic carbocycles. The second-order valence-electron chi connectivity index (χ2n) is 5.10. The number of benzene rings is 1. The van der Waals surface area contributed by atoms with Crippen molar-refractivity contribution in [2.45, 2.75) is 32.9 Å². The van der Waals surface area contributed by atoms with Crippen LogP contribution in [0.4, 0.5) is 0 Å². The highest BCUT2D eigenvalue weighted by atomic mass is 35.5. The van der Waals surface area contributed by atoms with Gasteiger partial charge in [0.05, 0.1) is 5.69 Å². The Morgan fingerprint density at radius 1 is 1.45 bits per heavy atom. The van der Waals surface area contributed by atoms with Crippen molar-refractivity contribution < 1.29 is 4.74 Å². The van der Waals surface area contributed by atoms with E-state index in [1.54, 1.807) is 4.68 Å². The van der Waals surface area contributed by atoms with Gasteiger partial charge in [-0.3, -0.25) is 4.68 Å². The van der Waals surface area contributed by atoms with E-state index in [2.05, 4.69) is 11.2 Å². The van der Waals surface area contributed by atoms with Crippen LogP contribution in [0.15, 0.2) is 24.3 Å². The normalized spacial score (nSPS) is 12.4. The number of hydrogen-bond donors (Lipinski definition) is 1. The third kappa shape index (κ3) is 3.52. The number of aryl methyl sites for hydroxylation is 2. The van der Waals surface area contributed by atoms with E-state index in [0.717, 1.165) is 23.4 Å². The first-order valence-corrected chi connectivity index (χ1v) is 7.00. The van der Waals surface area contributed by atoms with Gasteiger partial charge in [0.2, 0.25) is 0 Å². The maximum Gasteiger partial charge on any atom is 0.133 e. The third-order valence-electron chi connectivity index (χ3n) is 3.11. The Labute approximate surface area is 124 Å². The van der Waals surface area contributed by atoms with Crippen LogP contribution in [0.1, 0.15) is 23.7 Å². The van der Waals surface area contributed by atoms with E-state index in [1.165, 1.54) is 5.56 Å². The third-order valence-corrected chi connectivity index (χ3v) is 3.58. The molecule has 0 amide bonds. The fourth-order valence-corrected chi connectivity index (χ4v) is 2.36. The number of aromatic nitrogens is 2. The molecule has 0 bridgehead atoms. The first-order chi connectivity index (χ1) is 9.47. The van der Waals surface area contributed by atoms with Crippen molar-refractivity contribution in [2.24, 2.45) is 12.8 Å². The molecule has 0 fully saturated rings. The maximum atomic E-state index is 6.18. The average molecular weight is 294 g/mol. The van der Waals surface area contributed by atoms with Crippen LogP contribution in [-0.2, 0) is 20.1 Å². The molecule has 0 saturated heterocycles.